The highest BCUT2D eigenvalue weighted by Crippen LogP contribution is 2.21. The predicted molar refractivity (Wildman–Crippen MR) is 76.0 cm³/mol. The molecule has 1 amide bonds. The zero-order valence-corrected chi connectivity index (χ0v) is 12.4. The Bertz CT molecular complexity index is 374. The molecule has 0 spiro atoms. The summed E-state index contributed by atoms with van der Waals surface area (Å²) >= 11 is 1.74. The smallest absolute Gasteiger partial charge is 0.240 e. The van der Waals surface area contributed by atoms with E-state index in [2.05, 4.69) is 41.7 Å². The van der Waals surface area contributed by atoms with E-state index in [1.54, 1.807) is 11.3 Å². The van der Waals surface area contributed by atoms with Crippen molar-refractivity contribution in [2.45, 2.75) is 40.3 Å². The van der Waals surface area contributed by atoms with E-state index >= 15 is 0 Å². The Morgan fingerprint density at radius 3 is 2.67 bits per heavy atom. The number of nitrogens with one attached hydrogen (secondary N) is 1. The molecular formula is C13H23N3OS. The molecule has 4 nitrogen and oxygen atoms in total. The van der Waals surface area contributed by atoms with Gasteiger partial charge in [0.05, 0.1) is 5.41 Å². The number of nitrogens with zero attached hydrogens (tertiary/aromatic N) is 1. The molecule has 1 rings (SSSR count). The van der Waals surface area contributed by atoms with Crippen molar-refractivity contribution >= 4 is 17.2 Å². The van der Waals surface area contributed by atoms with Crippen LogP contribution in [0.4, 0.5) is 0 Å². The van der Waals surface area contributed by atoms with Crippen LogP contribution >= 0.6 is 11.3 Å². The molecule has 5 heteroatoms. The lowest BCUT2D eigenvalue weighted by Gasteiger charge is -2.33. The van der Waals surface area contributed by atoms with E-state index in [0.717, 1.165) is 6.54 Å². The van der Waals surface area contributed by atoms with E-state index in [0.29, 0.717) is 12.6 Å². The zero-order valence-electron chi connectivity index (χ0n) is 11.6. The summed E-state index contributed by atoms with van der Waals surface area (Å²) in [6.45, 7) is 9.67. The van der Waals surface area contributed by atoms with Gasteiger partial charge in [-0.05, 0) is 39.1 Å². The number of rotatable bonds is 6. The molecule has 1 aromatic rings. The van der Waals surface area contributed by atoms with Gasteiger partial charge in [0.25, 0.3) is 0 Å². The number of thiophene rings is 1. The minimum atomic E-state index is -0.490. The number of carbonyl (C=O) groups is 1. The van der Waals surface area contributed by atoms with Crippen LogP contribution in [0, 0.1) is 5.41 Å². The molecule has 0 saturated heterocycles. The van der Waals surface area contributed by atoms with Crippen LogP contribution in [0.15, 0.2) is 17.5 Å². The van der Waals surface area contributed by atoms with Gasteiger partial charge in [0.2, 0.25) is 5.91 Å². The summed E-state index contributed by atoms with van der Waals surface area (Å²) in [5.74, 6) is 5.10. The van der Waals surface area contributed by atoms with Gasteiger partial charge < -0.3 is 0 Å². The Hall–Kier alpha value is -0.910. The van der Waals surface area contributed by atoms with Gasteiger partial charge in [0, 0.05) is 24.0 Å². The first-order valence-corrected chi connectivity index (χ1v) is 7.02. The van der Waals surface area contributed by atoms with Gasteiger partial charge in [-0.15, -0.1) is 11.3 Å². The number of hydrazine groups is 1. The molecule has 0 radical (unpaired) electrons. The summed E-state index contributed by atoms with van der Waals surface area (Å²) in [5, 5.41) is 2.07. The largest absolute Gasteiger partial charge is 0.295 e. The summed E-state index contributed by atoms with van der Waals surface area (Å²) in [7, 11) is 0. The second kappa shape index (κ2) is 6.31. The summed E-state index contributed by atoms with van der Waals surface area (Å²) in [6, 6.07) is 4.56. The maximum atomic E-state index is 11.7. The van der Waals surface area contributed by atoms with Crippen molar-refractivity contribution in [2.75, 3.05) is 6.54 Å². The quantitative estimate of drug-likeness (QED) is 0.471. The van der Waals surface area contributed by atoms with Crippen LogP contribution in [0.5, 0.6) is 0 Å². The van der Waals surface area contributed by atoms with E-state index in [1.807, 2.05) is 13.8 Å². The van der Waals surface area contributed by atoms with Crippen molar-refractivity contribution < 1.29 is 4.79 Å². The number of hydrogen-bond donors (Lipinski definition) is 2. The zero-order chi connectivity index (χ0) is 13.8. The van der Waals surface area contributed by atoms with E-state index in [1.165, 1.54) is 4.88 Å². The lowest BCUT2D eigenvalue weighted by Crippen LogP contribution is -2.48. The van der Waals surface area contributed by atoms with E-state index in [4.69, 9.17) is 5.84 Å². The van der Waals surface area contributed by atoms with Gasteiger partial charge >= 0.3 is 0 Å². The molecule has 0 unspecified atom stereocenters. The molecule has 3 N–H and O–H groups in total. The van der Waals surface area contributed by atoms with Crippen LogP contribution in [0.1, 0.15) is 32.6 Å². The first kappa shape index (κ1) is 15.1. The molecule has 0 saturated carbocycles. The number of carbonyl (C=O) groups excluding carboxylic acids is 1. The Kier molecular flexibility index (Phi) is 5.31. The molecule has 0 aromatic carbocycles. The summed E-state index contributed by atoms with van der Waals surface area (Å²) in [6.07, 6.45) is 0. The van der Waals surface area contributed by atoms with Gasteiger partial charge in [-0.2, -0.15) is 0 Å². The third-order valence-corrected chi connectivity index (χ3v) is 3.87. The first-order valence-electron chi connectivity index (χ1n) is 6.14. The number of amides is 1. The van der Waals surface area contributed by atoms with Crippen LogP contribution in [0.3, 0.4) is 0 Å². The van der Waals surface area contributed by atoms with Crippen LogP contribution in [-0.4, -0.2) is 23.4 Å². The Balaban J connectivity index is 2.71. The van der Waals surface area contributed by atoms with Crippen LogP contribution in [-0.2, 0) is 11.3 Å². The molecule has 18 heavy (non-hydrogen) atoms. The normalized spacial score (nSPS) is 12.2. The van der Waals surface area contributed by atoms with Crippen molar-refractivity contribution in [3.8, 4) is 0 Å². The van der Waals surface area contributed by atoms with E-state index < -0.39 is 5.41 Å². The highest BCUT2D eigenvalue weighted by atomic mass is 32.1. The predicted octanol–water partition coefficient (Wildman–Crippen LogP) is 1.97. The average Bonchev–Trinajstić information content (AvgIpc) is 2.79. The number of hydrogen-bond acceptors (Lipinski definition) is 4. The number of nitrogens with two attached hydrogens (primary N) is 1. The minimum absolute atomic E-state index is 0.126. The van der Waals surface area contributed by atoms with Crippen molar-refractivity contribution in [1.29, 1.82) is 0 Å². The van der Waals surface area contributed by atoms with Gasteiger partial charge in [0.1, 0.15) is 0 Å². The molecule has 1 aromatic heterocycles. The summed E-state index contributed by atoms with van der Waals surface area (Å²) in [5.41, 5.74) is 1.76. The van der Waals surface area contributed by atoms with Gasteiger partial charge in [0.15, 0.2) is 0 Å². The van der Waals surface area contributed by atoms with Gasteiger partial charge in [-0.25, -0.2) is 5.84 Å². The minimum Gasteiger partial charge on any atom is -0.295 e. The van der Waals surface area contributed by atoms with E-state index in [9.17, 15) is 4.79 Å². The molecule has 0 bridgehead atoms. The Morgan fingerprint density at radius 2 is 2.22 bits per heavy atom. The fraction of sp³-hybridized carbons (Fsp3) is 0.615. The molecule has 0 atom stereocenters. The fourth-order valence-corrected chi connectivity index (χ4v) is 2.53. The van der Waals surface area contributed by atoms with Gasteiger partial charge in [-0.3, -0.25) is 15.1 Å². The monoisotopic (exact) mass is 269 g/mol. The Morgan fingerprint density at radius 1 is 1.56 bits per heavy atom. The Labute approximate surface area is 113 Å². The van der Waals surface area contributed by atoms with Crippen molar-refractivity contribution in [1.82, 2.24) is 10.3 Å². The van der Waals surface area contributed by atoms with Crippen molar-refractivity contribution in [2.24, 2.45) is 11.3 Å². The first-order chi connectivity index (χ1) is 8.36. The van der Waals surface area contributed by atoms with Crippen LogP contribution in [0.25, 0.3) is 0 Å². The SMILES string of the molecule is CC(C)N(Cc1cccs1)CC(C)(C)C(=O)NN. The summed E-state index contributed by atoms with van der Waals surface area (Å²) < 4.78 is 0. The van der Waals surface area contributed by atoms with Crippen molar-refractivity contribution in [3.63, 3.8) is 0 Å². The van der Waals surface area contributed by atoms with Crippen molar-refractivity contribution in [3.05, 3.63) is 22.4 Å². The molecule has 102 valence electrons. The second-order valence-electron chi connectivity index (χ2n) is 5.44. The van der Waals surface area contributed by atoms with Crippen LogP contribution < -0.4 is 11.3 Å². The lowest BCUT2D eigenvalue weighted by atomic mass is 9.91. The molecule has 0 aliphatic carbocycles. The van der Waals surface area contributed by atoms with E-state index in [-0.39, 0.29) is 5.91 Å². The highest BCUT2D eigenvalue weighted by Gasteiger charge is 2.30. The lowest BCUT2D eigenvalue weighted by molar-refractivity contribution is -0.130. The third-order valence-electron chi connectivity index (χ3n) is 3.01. The molecular weight excluding hydrogens is 246 g/mol. The maximum Gasteiger partial charge on any atom is 0.240 e. The maximum absolute atomic E-state index is 11.7. The average molecular weight is 269 g/mol. The highest BCUT2D eigenvalue weighted by molar-refractivity contribution is 7.09. The summed E-state index contributed by atoms with van der Waals surface area (Å²) in [4.78, 5) is 15.3. The van der Waals surface area contributed by atoms with Gasteiger partial charge in [-0.1, -0.05) is 6.07 Å². The van der Waals surface area contributed by atoms with Crippen LogP contribution in [0.2, 0.25) is 0 Å². The molecule has 0 fully saturated rings. The standard InChI is InChI=1S/C13H23N3OS/c1-10(2)16(8-11-6-5-7-18-11)9-13(3,4)12(17)15-14/h5-7,10H,8-9,14H2,1-4H3,(H,15,17). The third kappa shape index (κ3) is 4.08. The molecule has 1 heterocycles. The fourth-order valence-electron chi connectivity index (χ4n) is 1.80. The second-order valence-corrected chi connectivity index (χ2v) is 6.47. The molecule has 0 aliphatic heterocycles. The molecule has 0 aliphatic rings. The topological polar surface area (TPSA) is 58.4 Å².